The maximum absolute atomic E-state index is 13.2. The van der Waals surface area contributed by atoms with Crippen LogP contribution in [0.2, 0.25) is 18.1 Å². The van der Waals surface area contributed by atoms with E-state index in [9.17, 15) is 4.79 Å². The van der Waals surface area contributed by atoms with Gasteiger partial charge in [0.2, 0.25) is 8.32 Å². The summed E-state index contributed by atoms with van der Waals surface area (Å²) < 4.78 is 11.9. The molecule has 0 amide bonds. The van der Waals surface area contributed by atoms with E-state index in [1.165, 1.54) is 11.3 Å². The van der Waals surface area contributed by atoms with Gasteiger partial charge in [0.05, 0.1) is 12.9 Å². The number of benzene rings is 1. The highest BCUT2D eigenvalue weighted by Gasteiger charge is 2.43. The molecule has 1 aromatic carbocycles. The van der Waals surface area contributed by atoms with E-state index in [0.717, 1.165) is 42.6 Å². The lowest BCUT2D eigenvalue weighted by molar-refractivity contribution is 0.0863. The van der Waals surface area contributed by atoms with E-state index in [-0.39, 0.29) is 11.0 Å². The van der Waals surface area contributed by atoms with Gasteiger partial charge in [0.15, 0.2) is 5.78 Å². The minimum Gasteiger partial charge on any atom is -0.547 e. The lowest BCUT2D eigenvalue weighted by Crippen LogP contribution is -2.40. The average Bonchev–Trinajstić information content (AvgIpc) is 2.94. The normalized spacial score (nSPS) is 23.4. The van der Waals surface area contributed by atoms with E-state index >= 15 is 0 Å². The first kappa shape index (κ1) is 20.2. The number of allylic oxidation sites excluding steroid dienone is 2. The molecule has 0 radical (unpaired) electrons. The van der Waals surface area contributed by atoms with Crippen LogP contribution in [0.5, 0.6) is 5.75 Å². The summed E-state index contributed by atoms with van der Waals surface area (Å²) in [5.74, 6) is 2.72. The third-order valence-electron chi connectivity index (χ3n) is 6.99. The molecule has 0 heterocycles. The highest BCUT2D eigenvalue weighted by molar-refractivity contribution is 6.74. The number of ketones is 1. The van der Waals surface area contributed by atoms with Crippen molar-refractivity contribution in [2.24, 2.45) is 11.8 Å². The molecule has 4 heteroatoms. The quantitative estimate of drug-likeness (QED) is 0.583. The van der Waals surface area contributed by atoms with Gasteiger partial charge in [0.25, 0.3) is 0 Å². The summed E-state index contributed by atoms with van der Waals surface area (Å²) in [7, 11) is -0.160. The Morgan fingerprint density at radius 1 is 1.07 bits per heavy atom. The fourth-order valence-electron chi connectivity index (χ4n) is 4.17. The molecule has 3 nitrogen and oxygen atoms in total. The molecular formula is C23H34O3Si. The van der Waals surface area contributed by atoms with E-state index in [2.05, 4.69) is 40.8 Å². The molecule has 27 heavy (non-hydrogen) atoms. The molecule has 148 valence electrons. The number of rotatable bonds is 4. The van der Waals surface area contributed by atoms with Crippen molar-refractivity contribution in [3.63, 3.8) is 0 Å². The van der Waals surface area contributed by atoms with Gasteiger partial charge in [-0.3, -0.25) is 4.79 Å². The molecule has 1 aromatic rings. The lowest BCUT2D eigenvalue weighted by atomic mass is 9.74. The second-order valence-corrected chi connectivity index (χ2v) is 14.4. The first-order chi connectivity index (χ1) is 12.5. The van der Waals surface area contributed by atoms with Crippen molar-refractivity contribution in [3.05, 3.63) is 40.7 Å². The number of hydrogen-bond donors (Lipinski definition) is 0. The van der Waals surface area contributed by atoms with Gasteiger partial charge in [-0.25, -0.2) is 0 Å². The molecular weight excluding hydrogens is 352 g/mol. The number of hydrogen-bond acceptors (Lipinski definition) is 3. The largest absolute Gasteiger partial charge is 0.547 e. The SMILES string of the molecule is COc1ccc2c(c1)CC[C@H]([C@H]1CCC(O[Si](C)(C)C(C)(C)C)=C1C)C2=O. The number of carbonyl (C=O) groups is 1. The van der Waals surface area contributed by atoms with E-state index in [0.29, 0.717) is 11.7 Å². The number of fused-ring (bicyclic) bond motifs is 1. The van der Waals surface area contributed by atoms with Crippen LogP contribution >= 0.6 is 0 Å². The number of ether oxygens (including phenoxy) is 1. The van der Waals surface area contributed by atoms with Crippen LogP contribution in [-0.2, 0) is 10.8 Å². The number of methoxy groups -OCH3 is 1. The lowest BCUT2D eigenvalue weighted by Gasteiger charge is -2.37. The summed E-state index contributed by atoms with van der Waals surface area (Å²) in [6.07, 6.45) is 3.89. The van der Waals surface area contributed by atoms with Crippen molar-refractivity contribution >= 4 is 14.1 Å². The molecule has 0 spiro atoms. The van der Waals surface area contributed by atoms with Crippen molar-refractivity contribution in [1.82, 2.24) is 0 Å². The summed E-state index contributed by atoms with van der Waals surface area (Å²) in [6.45, 7) is 13.6. The Balaban J connectivity index is 1.81. The second-order valence-electron chi connectivity index (χ2n) is 9.65. The summed E-state index contributed by atoms with van der Waals surface area (Å²) in [4.78, 5) is 13.2. The Kier molecular flexibility index (Phi) is 5.32. The van der Waals surface area contributed by atoms with E-state index in [1.807, 2.05) is 18.2 Å². The van der Waals surface area contributed by atoms with Gasteiger partial charge in [-0.1, -0.05) is 20.8 Å². The Labute approximate surface area is 165 Å². The zero-order valence-electron chi connectivity index (χ0n) is 17.9. The van der Waals surface area contributed by atoms with Crippen molar-refractivity contribution in [3.8, 4) is 5.75 Å². The van der Waals surface area contributed by atoms with Gasteiger partial charge in [-0.05, 0) is 79.6 Å². The van der Waals surface area contributed by atoms with Crippen LogP contribution in [0.3, 0.4) is 0 Å². The maximum Gasteiger partial charge on any atom is 0.250 e. The van der Waals surface area contributed by atoms with Gasteiger partial charge < -0.3 is 9.16 Å². The van der Waals surface area contributed by atoms with Crippen LogP contribution < -0.4 is 4.74 Å². The minimum atomic E-state index is -1.83. The van der Waals surface area contributed by atoms with Gasteiger partial charge in [-0.2, -0.15) is 0 Å². The first-order valence-corrected chi connectivity index (χ1v) is 13.1. The molecule has 0 unspecified atom stereocenters. The van der Waals surface area contributed by atoms with E-state index < -0.39 is 8.32 Å². The zero-order valence-corrected chi connectivity index (χ0v) is 18.9. The summed E-state index contributed by atoms with van der Waals surface area (Å²) in [5, 5.41) is 0.191. The van der Waals surface area contributed by atoms with Crippen LogP contribution in [0.4, 0.5) is 0 Å². The Morgan fingerprint density at radius 2 is 1.74 bits per heavy atom. The third-order valence-corrected chi connectivity index (χ3v) is 11.4. The van der Waals surface area contributed by atoms with Gasteiger partial charge >= 0.3 is 0 Å². The minimum absolute atomic E-state index is 0.0893. The molecule has 0 saturated carbocycles. The smallest absolute Gasteiger partial charge is 0.250 e. The monoisotopic (exact) mass is 386 g/mol. The third kappa shape index (κ3) is 3.73. The van der Waals surface area contributed by atoms with E-state index in [1.54, 1.807) is 7.11 Å². The van der Waals surface area contributed by atoms with Gasteiger partial charge in [-0.15, -0.1) is 0 Å². The summed E-state index contributed by atoms with van der Waals surface area (Å²) in [5.41, 5.74) is 3.33. The van der Waals surface area contributed by atoms with Crippen molar-refractivity contribution in [2.75, 3.05) is 7.11 Å². The van der Waals surface area contributed by atoms with Crippen LogP contribution in [0, 0.1) is 11.8 Å². The molecule has 2 aliphatic rings. The van der Waals surface area contributed by atoms with Crippen LogP contribution in [0.1, 0.15) is 62.9 Å². The molecule has 0 bridgehead atoms. The molecule has 0 aliphatic heterocycles. The van der Waals surface area contributed by atoms with Gasteiger partial charge in [0, 0.05) is 17.9 Å². The number of Topliss-reactive ketones (excluding diaryl/α,β-unsaturated/α-hetero) is 1. The zero-order chi connectivity index (χ0) is 20.0. The van der Waals surface area contributed by atoms with E-state index in [4.69, 9.17) is 9.16 Å². The average molecular weight is 387 g/mol. The fourth-order valence-corrected chi connectivity index (χ4v) is 5.36. The molecule has 0 fully saturated rings. The Morgan fingerprint density at radius 3 is 2.37 bits per heavy atom. The molecule has 0 saturated heterocycles. The standard InChI is InChI=1S/C23H34O3Si/c1-15-18(12-13-21(15)26-27(6,7)23(2,3)4)20-10-8-16-14-17(25-5)9-11-19(16)22(20)24/h9,11,14,18,20H,8,10,12-13H2,1-7H3/t18-,20+/m0/s1. The first-order valence-electron chi connectivity index (χ1n) is 10.1. The molecule has 0 N–H and O–H groups in total. The summed E-state index contributed by atoms with van der Waals surface area (Å²) in [6, 6.07) is 5.87. The summed E-state index contributed by atoms with van der Waals surface area (Å²) >= 11 is 0. The molecule has 2 aliphatic carbocycles. The number of aryl methyl sites for hydroxylation is 1. The Bertz CT molecular complexity index is 770. The molecule has 3 rings (SSSR count). The molecule has 0 aromatic heterocycles. The van der Waals surface area contributed by atoms with Crippen LogP contribution in [-0.4, -0.2) is 21.2 Å². The van der Waals surface area contributed by atoms with Crippen molar-refractivity contribution < 1.29 is 14.0 Å². The fraction of sp³-hybridized carbons (Fsp3) is 0.609. The van der Waals surface area contributed by atoms with Crippen molar-refractivity contribution in [1.29, 1.82) is 0 Å². The predicted octanol–water partition coefficient (Wildman–Crippen LogP) is 6.15. The highest BCUT2D eigenvalue weighted by Crippen LogP contribution is 2.46. The molecule has 2 atom stereocenters. The second kappa shape index (κ2) is 7.12. The topological polar surface area (TPSA) is 35.5 Å². The van der Waals surface area contributed by atoms with Crippen LogP contribution in [0.15, 0.2) is 29.5 Å². The van der Waals surface area contributed by atoms with Crippen molar-refractivity contribution in [2.45, 2.75) is 71.5 Å². The predicted molar refractivity (Wildman–Crippen MR) is 113 cm³/mol. The maximum atomic E-state index is 13.2. The van der Waals surface area contributed by atoms with Gasteiger partial charge in [0.1, 0.15) is 5.75 Å². The highest BCUT2D eigenvalue weighted by atomic mass is 28.4. The Hall–Kier alpha value is -1.55. The van der Waals surface area contributed by atoms with Crippen LogP contribution in [0.25, 0.3) is 0 Å². The number of carbonyl (C=O) groups excluding carboxylic acids is 1.